The fourth-order valence-corrected chi connectivity index (χ4v) is 1.21. The number of nitrogens with one attached hydrogen (secondary N) is 1. The Balaban J connectivity index is 5.12. The summed E-state index contributed by atoms with van der Waals surface area (Å²) in [6.45, 7) is 4.18. The molecular formula is C11H20N2O6. The molecule has 2 amide bonds. The number of methoxy groups -OCH3 is 1. The highest BCUT2D eigenvalue weighted by Gasteiger charge is 2.34. The Hall–Kier alpha value is -1.83. The molecule has 110 valence electrons. The fourth-order valence-electron chi connectivity index (χ4n) is 1.21. The van der Waals surface area contributed by atoms with Crippen LogP contribution in [-0.2, 0) is 19.1 Å². The van der Waals surface area contributed by atoms with Gasteiger partial charge < -0.3 is 19.9 Å². The van der Waals surface area contributed by atoms with Crippen LogP contribution >= 0.6 is 0 Å². The number of hydrogen-bond acceptors (Lipinski definition) is 5. The van der Waals surface area contributed by atoms with Gasteiger partial charge in [-0.2, -0.15) is 0 Å². The molecular weight excluding hydrogens is 256 g/mol. The van der Waals surface area contributed by atoms with E-state index >= 15 is 0 Å². The lowest BCUT2D eigenvalue weighted by Gasteiger charge is -2.30. The monoisotopic (exact) mass is 276 g/mol. The summed E-state index contributed by atoms with van der Waals surface area (Å²) >= 11 is 0. The molecule has 0 aromatic rings. The van der Waals surface area contributed by atoms with E-state index in [1.807, 2.05) is 0 Å². The van der Waals surface area contributed by atoms with Gasteiger partial charge in [0.2, 0.25) is 6.23 Å². The van der Waals surface area contributed by atoms with Crippen LogP contribution in [0.2, 0.25) is 0 Å². The van der Waals surface area contributed by atoms with Crippen molar-refractivity contribution in [1.29, 1.82) is 0 Å². The molecule has 0 heterocycles. The molecule has 0 radical (unpaired) electrons. The van der Waals surface area contributed by atoms with Gasteiger partial charge in [-0.3, -0.25) is 14.5 Å². The van der Waals surface area contributed by atoms with Gasteiger partial charge in [0.15, 0.2) is 0 Å². The third-order valence-corrected chi connectivity index (χ3v) is 1.91. The molecule has 0 spiro atoms. The quantitative estimate of drug-likeness (QED) is 0.686. The molecule has 1 atom stereocenters. The van der Waals surface area contributed by atoms with Gasteiger partial charge in [-0.25, -0.2) is 4.79 Å². The number of ether oxygens (including phenoxy) is 2. The number of rotatable bonds is 5. The average molecular weight is 276 g/mol. The predicted molar refractivity (Wildman–Crippen MR) is 65.4 cm³/mol. The van der Waals surface area contributed by atoms with E-state index in [2.05, 4.69) is 5.32 Å². The van der Waals surface area contributed by atoms with Gasteiger partial charge >= 0.3 is 12.1 Å². The van der Waals surface area contributed by atoms with Crippen LogP contribution in [0.3, 0.4) is 0 Å². The third kappa shape index (κ3) is 6.05. The Morgan fingerprint density at radius 1 is 1.32 bits per heavy atom. The van der Waals surface area contributed by atoms with E-state index in [4.69, 9.17) is 14.6 Å². The number of carbonyl (C=O) groups excluding carboxylic acids is 2. The zero-order chi connectivity index (χ0) is 15.2. The number of likely N-dealkylation sites (N-methyl/N-ethyl adjacent to an activating group) is 1. The van der Waals surface area contributed by atoms with Crippen molar-refractivity contribution in [3.05, 3.63) is 0 Å². The van der Waals surface area contributed by atoms with Crippen molar-refractivity contribution in [2.45, 2.75) is 32.6 Å². The first-order valence-electron chi connectivity index (χ1n) is 5.58. The maximum absolute atomic E-state index is 11.9. The molecule has 0 fully saturated rings. The summed E-state index contributed by atoms with van der Waals surface area (Å²) in [6, 6.07) is 0. The number of hydrogen-bond donors (Lipinski definition) is 2. The van der Waals surface area contributed by atoms with Crippen LogP contribution in [0, 0.1) is 0 Å². The molecule has 0 aromatic heterocycles. The highest BCUT2D eigenvalue weighted by Crippen LogP contribution is 2.12. The predicted octanol–water partition coefficient (Wildman–Crippen LogP) is 0.0266. The summed E-state index contributed by atoms with van der Waals surface area (Å²) in [5.41, 5.74) is -0.811. The van der Waals surface area contributed by atoms with Crippen LogP contribution in [-0.4, -0.2) is 60.5 Å². The molecule has 0 rings (SSSR count). The number of carboxylic acid groups (broad SMARTS) is 1. The van der Waals surface area contributed by atoms with Crippen LogP contribution in [0.4, 0.5) is 4.79 Å². The summed E-state index contributed by atoms with van der Waals surface area (Å²) in [4.78, 5) is 34.9. The summed E-state index contributed by atoms with van der Waals surface area (Å²) in [5, 5.41) is 11.1. The van der Waals surface area contributed by atoms with Crippen LogP contribution in [0.15, 0.2) is 0 Å². The second-order valence-corrected chi connectivity index (χ2v) is 4.70. The van der Waals surface area contributed by atoms with Gasteiger partial charge in [-0.15, -0.1) is 0 Å². The van der Waals surface area contributed by atoms with Crippen LogP contribution in [0.1, 0.15) is 20.8 Å². The van der Waals surface area contributed by atoms with Crippen LogP contribution in [0.25, 0.3) is 0 Å². The molecule has 0 aliphatic heterocycles. The van der Waals surface area contributed by atoms with Crippen LogP contribution in [0.5, 0.6) is 0 Å². The van der Waals surface area contributed by atoms with E-state index in [-0.39, 0.29) is 0 Å². The average Bonchev–Trinajstić information content (AvgIpc) is 2.25. The van der Waals surface area contributed by atoms with Crippen molar-refractivity contribution in [2.24, 2.45) is 0 Å². The molecule has 0 aromatic carbocycles. The lowest BCUT2D eigenvalue weighted by molar-refractivity contribution is -0.149. The maximum atomic E-state index is 11.9. The van der Waals surface area contributed by atoms with E-state index in [1.54, 1.807) is 20.8 Å². The number of amides is 2. The number of nitrogens with zero attached hydrogens (tertiary/aromatic N) is 1. The summed E-state index contributed by atoms with van der Waals surface area (Å²) in [6.07, 6.45) is -2.30. The molecule has 0 saturated carbocycles. The van der Waals surface area contributed by atoms with Gasteiger partial charge in [0.1, 0.15) is 12.1 Å². The minimum absolute atomic E-state index is 0.644. The number of aliphatic carboxylic acids is 1. The molecule has 2 N–H and O–H groups in total. The molecule has 0 bridgehead atoms. The standard InChI is InChI=1S/C11H20N2O6/c1-11(2,3)19-10(17)13(6-7(14)15)9(18-5)8(16)12-4/h9H,6H2,1-5H3,(H,12,16)(H,14,15). The minimum Gasteiger partial charge on any atom is -0.480 e. The third-order valence-electron chi connectivity index (χ3n) is 1.91. The lowest BCUT2D eigenvalue weighted by atomic mass is 10.2. The van der Waals surface area contributed by atoms with Crippen molar-refractivity contribution in [2.75, 3.05) is 20.7 Å². The number of carbonyl (C=O) groups is 3. The van der Waals surface area contributed by atoms with E-state index in [0.717, 1.165) is 0 Å². The van der Waals surface area contributed by atoms with Gasteiger partial charge in [-0.1, -0.05) is 0 Å². The zero-order valence-corrected chi connectivity index (χ0v) is 11.7. The molecule has 1 unspecified atom stereocenters. The minimum atomic E-state index is -1.36. The molecule has 8 heteroatoms. The van der Waals surface area contributed by atoms with Gasteiger partial charge in [0, 0.05) is 14.2 Å². The zero-order valence-electron chi connectivity index (χ0n) is 11.7. The van der Waals surface area contributed by atoms with E-state index in [9.17, 15) is 14.4 Å². The molecule has 8 nitrogen and oxygen atoms in total. The SMILES string of the molecule is CNC(=O)C(OC)N(CC(=O)O)C(=O)OC(C)(C)C. The maximum Gasteiger partial charge on any atom is 0.413 e. The molecule has 0 saturated heterocycles. The summed E-state index contributed by atoms with van der Waals surface area (Å²) in [5.74, 6) is -1.92. The van der Waals surface area contributed by atoms with Crippen molar-refractivity contribution < 1.29 is 29.0 Å². The van der Waals surface area contributed by atoms with E-state index in [1.165, 1.54) is 14.2 Å². The van der Waals surface area contributed by atoms with Gasteiger partial charge in [0.25, 0.3) is 5.91 Å². The highest BCUT2D eigenvalue weighted by atomic mass is 16.6. The van der Waals surface area contributed by atoms with Gasteiger partial charge in [-0.05, 0) is 20.8 Å². The Bertz CT molecular complexity index is 350. The molecule has 0 aliphatic carbocycles. The Morgan fingerprint density at radius 2 is 1.84 bits per heavy atom. The summed E-state index contributed by atoms with van der Waals surface area (Å²) in [7, 11) is 2.54. The van der Waals surface area contributed by atoms with Crippen molar-refractivity contribution in [3.8, 4) is 0 Å². The van der Waals surface area contributed by atoms with Crippen molar-refractivity contribution >= 4 is 18.0 Å². The second-order valence-electron chi connectivity index (χ2n) is 4.70. The highest BCUT2D eigenvalue weighted by molar-refractivity contribution is 5.86. The largest absolute Gasteiger partial charge is 0.480 e. The van der Waals surface area contributed by atoms with Crippen LogP contribution < -0.4 is 5.32 Å². The first kappa shape index (κ1) is 17.2. The second kappa shape index (κ2) is 6.93. The Morgan fingerprint density at radius 3 is 2.16 bits per heavy atom. The lowest BCUT2D eigenvalue weighted by Crippen LogP contribution is -2.53. The number of carboxylic acids is 1. The fraction of sp³-hybridized carbons (Fsp3) is 0.727. The Kier molecular flexibility index (Phi) is 6.26. The van der Waals surface area contributed by atoms with Crippen molar-refractivity contribution in [3.63, 3.8) is 0 Å². The molecule has 0 aliphatic rings. The first-order chi connectivity index (χ1) is 8.62. The summed E-state index contributed by atoms with van der Waals surface area (Å²) < 4.78 is 9.89. The topological polar surface area (TPSA) is 105 Å². The molecule has 19 heavy (non-hydrogen) atoms. The van der Waals surface area contributed by atoms with Gasteiger partial charge in [0.05, 0.1) is 0 Å². The Labute approximate surface area is 111 Å². The normalized spacial score (nSPS) is 12.5. The van der Waals surface area contributed by atoms with Crippen molar-refractivity contribution in [1.82, 2.24) is 10.2 Å². The smallest absolute Gasteiger partial charge is 0.413 e. The first-order valence-corrected chi connectivity index (χ1v) is 5.58. The van der Waals surface area contributed by atoms with E-state index < -0.39 is 36.3 Å². The van der Waals surface area contributed by atoms with E-state index in [0.29, 0.717) is 4.90 Å².